The van der Waals surface area contributed by atoms with E-state index >= 15 is 0 Å². The van der Waals surface area contributed by atoms with Gasteiger partial charge in [0.25, 0.3) is 0 Å². The molecule has 4 heterocycles. The fourth-order valence-corrected chi connectivity index (χ4v) is 3.64. The molecule has 5 rings (SSSR count). The smallest absolute Gasteiger partial charge is 0.160 e. The Morgan fingerprint density at radius 3 is 2.66 bits per heavy atom. The molecule has 0 bridgehead atoms. The van der Waals surface area contributed by atoms with Crippen LogP contribution in [0.1, 0.15) is 11.1 Å². The SMILES string of the molecule is C=Cc1cccc(/C=N/Nc2cc(N3CCOCC3)n3nc(-c4ccncc4)cc3n2)c1. The van der Waals surface area contributed by atoms with Crippen molar-refractivity contribution in [2.75, 3.05) is 36.6 Å². The molecule has 1 aromatic carbocycles. The van der Waals surface area contributed by atoms with Crippen molar-refractivity contribution in [1.29, 1.82) is 0 Å². The topological polar surface area (TPSA) is 79.9 Å². The van der Waals surface area contributed by atoms with Crippen LogP contribution < -0.4 is 10.3 Å². The third-order valence-corrected chi connectivity index (χ3v) is 5.26. The molecule has 0 aliphatic carbocycles. The Morgan fingerprint density at radius 2 is 1.84 bits per heavy atom. The molecule has 0 amide bonds. The molecule has 1 N–H and O–H groups in total. The van der Waals surface area contributed by atoms with E-state index in [0.29, 0.717) is 19.0 Å². The van der Waals surface area contributed by atoms with Gasteiger partial charge in [-0.1, -0.05) is 30.9 Å². The lowest BCUT2D eigenvalue weighted by Crippen LogP contribution is -2.37. The highest BCUT2D eigenvalue weighted by molar-refractivity contribution is 5.81. The molecule has 1 saturated heterocycles. The molecule has 0 saturated carbocycles. The number of pyridine rings is 1. The first-order chi connectivity index (χ1) is 15.8. The summed E-state index contributed by atoms with van der Waals surface area (Å²) in [7, 11) is 0. The van der Waals surface area contributed by atoms with Crippen LogP contribution in [0.4, 0.5) is 11.6 Å². The summed E-state index contributed by atoms with van der Waals surface area (Å²) in [5.74, 6) is 1.60. The number of morpholine rings is 1. The predicted octanol–water partition coefficient (Wildman–Crippen LogP) is 3.72. The summed E-state index contributed by atoms with van der Waals surface area (Å²) in [5.41, 5.74) is 7.68. The van der Waals surface area contributed by atoms with Crippen LogP contribution in [0.2, 0.25) is 0 Å². The number of hydrazone groups is 1. The summed E-state index contributed by atoms with van der Waals surface area (Å²) in [5, 5.41) is 9.21. The summed E-state index contributed by atoms with van der Waals surface area (Å²) >= 11 is 0. The van der Waals surface area contributed by atoms with Crippen molar-refractivity contribution in [3.63, 3.8) is 0 Å². The number of nitrogens with zero attached hydrogens (tertiary/aromatic N) is 6. The third kappa shape index (κ3) is 4.21. The summed E-state index contributed by atoms with van der Waals surface area (Å²) in [6, 6.07) is 15.8. The van der Waals surface area contributed by atoms with Crippen LogP contribution in [-0.4, -0.2) is 52.1 Å². The molecule has 1 aliphatic rings. The van der Waals surface area contributed by atoms with Gasteiger partial charge < -0.3 is 9.64 Å². The van der Waals surface area contributed by atoms with Crippen LogP contribution in [-0.2, 0) is 4.74 Å². The summed E-state index contributed by atoms with van der Waals surface area (Å²) in [6.07, 6.45) is 7.11. The van der Waals surface area contributed by atoms with E-state index < -0.39 is 0 Å². The number of nitrogens with one attached hydrogen (secondary N) is 1. The minimum atomic E-state index is 0.649. The zero-order valence-corrected chi connectivity index (χ0v) is 17.6. The first-order valence-electron chi connectivity index (χ1n) is 10.5. The zero-order chi connectivity index (χ0) is 21.8. The Bertz CT molecular complexity index is 1260. The molecule has 3 aromatic heterocycles. The quantitative estimate of drug-likeness (QED) is 0.375. The Kier molecular flexibility index (Phi) is 5.59. The second-order valence-electron chi connectivity index (χ2n) is 7.38. The highest BCUT2D eigenvalue weighted by Crippen LogP contribution is 2.25. The van der Waals surface area contributed by atoms with Crippen molar-refractivity contribution < 1.29 is 4.74 Å². The number of aromatic nitrogens is 4. The molecule has 4 aromatic rings. The molecule has 8 nitrogen and oxygen atoms in total. The van der Waals surface area contributed by atoms with Crippen LogP contribution in [0.15, 0.2) is 72.6 Å². The van der Waals surface area contributed by atoms with Crippen LogP contribution in [0.25, 0.3) is 23.0 Å². The second-order valence-corrected chi connectivity index (χ2v) is 7.38. The minimum absolute atomic E-state index is 0.649. The van der Waals surface area contributed by atoms with Gasteiger partial charge in [0.1, 0.15) is 5.82 Å². The maximum absolute atomic E-state index is 5.53. The van der Waals surface area contributed by atoms with Crippen molar-refractivity contribution in [3.8, 4) is 11.3 Å². The summed E-state index contributed by atoms with van der Waals surface area (Å²) < 4.78 is 7.41. The standard InChI is InChI=1S/C24H23N7O/c1-2-18-4-3-5-19(14-18)17-26-28-22-16-24(30-10-12-32-13-11-30)31-23(27-22)15-21(29-31)20-6-8-25-9-7-20/h2-9,14-17H,1,10-13H2,(H,27,28)/b26-17+. The van der Waals surface area contributed by atoms with Gasteiger partial charge in [0.15, 0.2) is 11.5 Å². The molecular weight excluding hydrogens is 402 g/mol. The van der Waals surface area contributed by atoms with Gasteiger partial charge in [0.05, 0.1) is 25.1 Å². The van der Waals surface area contributed by atoms with Gasteiger partial charge in [0.2, 0.25) is 0 Å². The lowest BCUT2D eigenvalue weighted by atomic mass is 10.1. The molecule has 1 fully saturated rings. The largest absolute Gasteiger partial charge is 0.378 e. The fourth-order valence-electron chi connectivity index (χ4n) is 3.64. The lowest BCUT2D eigenvalue weighted by Gasteiger charge is -2.29. The van der Waals surface area contributed by atoms with E-state index in [2.05, 4.69) is 27.0 Å². The summed E-state index contributed by atoms with van der Waals surface area (Å²) in [6.45, 7) is 6.76. The van der Waals surface area contributed by atoms with Crippen molar-refractivity contribution in [2.24, 2.45) is 5.10 Å². The Labute approximate surface area is 185 Å². The predicted molar refractivity (Wildman–Crippen MR) is 127 cm³/mol. The molecule has 1 aliphatic heterocycles. The maximum atomic E-state index is 5.53. The van der Waals surface area contributed by atoms with Gasteiger partial charge in [0, 0.05) is 43.2 Å². The average molecular weight is 425 g/mol. The number of hydrogen-bond donors (Lipinski definition) is 1. The van der Waals surface area contributed by atoms with Gasteiger partial charge in [-0.25, -0.2) is 4.98 Å². The van der Waals surface area contributed by atoms with Crippen molar-refractivity contribution in [3.05, 3.63) is 78.6 Å². The van der Waals surface area contributed by atoms with E-state index in [4.69, 9.17) is 14.8 Å². The van der Waals surface area contributed by atoms with E-state index in [-0.39, 0.29) is 0 Å². The first kappa shape index (κ1) is 19.9. The monoisotopic (exact) mass is 425 g/mol. The number of hydrogen-bond acceptors (Lipinski definition) is 7. The van der Waals surface area contributed by atoms with E-state index in [1.165, 1.54) is 0 Å². The van der Waals surface area contributed by atoms with Crippen LogP contribution in [0.5, 0.6) is 0 Å². The molecule has 32 heavy (non-hydrogen) atoms. The van der Waals surface area contributed by atoms with Crippen molar-refractivity contribution in [1.82, 2.24) is 19.6 Å². The lowest BCUT2D eigenvalue weighted by molar-refractivity contribution is 0.122. The van der Waals surface area contributed by atoms with E-state index in [1.54, 1.807) is 18.6 Å². The van der Waals surface area contributed by atoms with Crippen LogP contribution >= 0.6 is 0 Å². The minimum Gasteiger partial charge on any atom is -0.378 e. The van der Waals surface area contributed by atoms with Crippen LogP contribution in [0, 0.1) is 0 Å². The highest BCUT2D eigenvalue weighted by Gasteiger charge is 2.18. The van der Waals surface area contributed by atoms with Gasteiger partial charge in [-0.15, -0.1) is 0 Å². The second kappa shape index (κ2) is 8.99. The first-order valence-corrected chi connectivity index (χ1v) is 10.5. The van der Waals surface area contributed by atoms with Gasteiger partial charge in [-0.05, 0) is 29.3 Å². The average Bonchev–Trinajstić information content (AvgIpc) is 3.29. The number of ether oxygens (including phenoxy) is 1. The number of fused-ring (bicyclic) bond motifs is 1. The van der Waals surface area contributed by atoms with E-state index in [0.717, 1.165) is 46.9 Å². The summed E-state index contributed by atoms with van der Waals surface area (Å²) in [4.78, 5) is 11.1. The van der Waals surface area contributed by atoms with E-state index in [1.807, 2.05) is 59.1 Å². The molecule has 0 atom stereocenters. The Morgan fingerprint density at radius 1 is 1.03 bits per heavy atom. The van der Waals surface area contributed by atoms with Gasteiger partial charge >= 0.3 is 0 Å². The zero-order valence-electron chi connectivity index (χ0n) is 17.6. The van der Waals surface area contributed by atoms with Crippen LogP contribution in [0.3, 0.4) is 0 Å². The van der Waals surface area contributed by atoms with Crippen molar-refractivity contribution in [2.45, 2.75) is 0 Å². The third-order valence-electron chi connectivity index (χ3n) is 5.26. The van der Waals surface area contributed by atoms with Gasteiger partial charge in [-0.2, -0.15) is 14.7 Å². The highest BCUT2D eigenvalue weighted by atomic mass is 16.5. The fraction of sp³-hybridized carbons (Fsp3) is 0.167. The molecule has 0 radical (unpaired) electrons. The molecule has 0 unspecified atom stereocenters. The normalized spacial score (nSPS) is 14.2. The van der Waals surface area contributed by atoms with Crippen molar-refractivity contribution >= 4 is 29.6 Å². The molecule has 8 heteroatoms. The Hall–Kier alpha value is -4.04. The Balaban J connectivity index is 1.49. The molecular formula is C24H23N7O. The van der Waals surface area contributed by atoms with Gasteiger partial charge in [-0.3, -0.25) is 10.4 Å². The number of benzene rings is 1. The number of anilines is 2. The molecule has 160 valence electrons. The maximum Gasteiger partial charge on any atom is 0.160 e. The number of rotatable bonds is 6. The molecule has 0 spiro atoms. The van der Waals surface area contributed by atoms with E-state index in [9.17, 15) is 0 Å².